The van der Waals surface area contributed by atoms with E-state index < -0.39 is 0 Å². The van der Waals surface area contributed by atoms with E-state index in [9.17, 15) is 4.79 Å². The highest BCUT2D eigenvalue weighted by Gasteiger charge is 2.18. The maximum atomic E-state index is 11.5. The number of nitrogens with zero attached hydrogens (tertiary/aromatic N) is 2. The molecule has 0 aliphatic heterocycles. The lowest BCUT2D eigenvalue weighted by molar-refractivity contribution is 0.0267. The molecule has 0 aromatic carbocycles. The van der Waals surface area contributed by atoms with Gasteiger partial charge in [0.05, 0.1) is 18.9 Å². The van der Waals surface area contributed by atoms with Crippen LogP contribution in [0, 0.1) is 0 Å². The van der Waals surface area contributed by atoms with E-state index >= 15 is 0 Å². The van der Waals surface area contributed by atoms with E-state index in [0.29, 0.717) is 24.9 Å². The molecule has 1 amide bonds. The number of carbonyl (C=O) groups is 1. The van der Waals surface area contributed by atoms with Gasteiger partial charge in [-0.15, -0.1) is 0 Å². The number of aromatic nitrogens is 3. The second kappa shape index (κ2) is 6.46. The topological polar surface area (TPSA) is 106 Å². The minimum Gasteiger partial charge on any atom is -0.376 e. The van der Waals surface area contributed by atoms with E-state index in [0.717, 1.165) is 25.7 Å². The minimum absolute atomic E-state index is 0.238. The molecule has 1 aromatic rings. The van der Waals surface area contributed by atoms with Gasteiger partial charge in [-0.3, -0.25) is 4.79 Å². The third-order valence-corrected chi connectivity index (χ3v) is 3.11. The van der Waals surface area contributed by atoms with Crippen LogP contribution in [0.1, 0.15) is 36.2 Å². The number of rotatable bonds is 5. The molecule has 0 saturated heterocycles. The van der Waals surface area contributed by atoms with E-state index in [1.807, 2.05) is 0 Å². The van der Waals surface area contributed by atoms with Crippen molar-refractivity contribution in [1.82, 2.24) is 20.7 Å². The van der Waals surface area contributed by atoms with Crippen molar-refractivity contribution < 1.29 is 9.53 Å². The van der Waals surface area contributed by atoms with Crippen LogP contribution in [0.2, 0.25) is 0 Å². The van der Waals surface area contributed by atoms with Gasteiger partial charge in [-0.1, -0.05) is 0 Å². The van der Waals surface area contributed by atoms with Crippen LogP contribution in [0.4, 0.5) is 0 Å². The van der Waals surface area contributed by atoms with Gasteiger partial charge in [0.1, 0.15) is 0 Å². The summed E-state index contributed by atoms with van der Waals surface area (Å²) in [5.41, 5.74) is 6.11. The van der Waals surface area contributed by atoms with Crippen molar-refractivity contribution in [2.24, 2.45) is 5.73 Å². The van der Waals surface area contributed by atoms with Gasteiger partial charge in [-0.25, -0.2) is 0 Å². The van der Waals surface area contributed by atoms with Crippen LogP contribution in [0.3, 0.4) is 0 Å². The first-order chi connectivity index (χ1) is 8.75. The van der Waals surface area contributed by atoms with Crippen molar-refractivity contribution in [3.05, 3.63) is 11.9 Å². The number of hydrogen-bond donors (Lipinski definition) is 3. The van der Waals surface area contributed by atoms with Crippen molar-refractivity contribution in [3.63, 3.8) is 0 Å². The normalized spacial score (nSPS) is 23.8. The van der Waals surface area contributed by atoms with Crippen LogP contribution in [-0.2, 0) is 4.74 Å². The van der Waals surface area contributed by atoms with Crippen LogP contribution in [0.25, 0.3) is 0 Å². The predicted molar refractivity (Wildman–Crippen MR) is 64.9 cm³/mol. The number of aromatic amines is 1. The zero-order valence-electron chi connectivity index (χ0n) is 10.3. The molecular formula is C11H19N5O2. The smallest absolute Gasteiger partial charge is 0.273 e. The van der Waals surface area contributed by atoms with Crippen LogP contribution in [0.15, 0.2) is 6.20 Å². The highest BCUT2D eigenvalue weighted by molar-refractivity contribution is 5.91. The number of ether oxygens (including phenoxy) is 1. The van der Waals surface area contributed by atoms with Gasteiger partial charge in [0.25, 0.3) is 5.91 Å². The number of H-pyrrole nitrogens is 1. The Morgan fingerprint density at radius 2 is 2.28 bits per heavy atom. The molecule has 1 saturated carbocycles. The molecule has 0 unspecified atom stereocenters. The summed E-state index contributed by atoms with van der Waals surface area (Å²) in [6.45, 7) is 0.998. The lowest BCUT2D eigenvalue weighted by Crippen LogP contribution is -2.33. The quantitative estimate of drug-likeness (QED) is 0.631. The molecule has 100 valence electrons. The molecule has 1 fully saturated rings. The summed E-state index contributed by atoms with van der Waals surface area (Å²) in [6.07, 6.45) is 5.75. The molecule has 1 aliphatic carbocycles. The van der Waals surface area contributed by atoms with Gasteiger partial charge in [-0.2, -0.15) is 15.4 Å². The molecule has 2 rings (SSSR count). The van der Waals surface area contributed by atoms with Crippen LogP contribution in [0.5, 0.6) is 0 Å². The third kappa shape index (κ3) is 3.78. The standard InChI is InChI=1S/C11H19N5O2/c12-8-1-3-9(4-2-8)18-6-5-13-11(17)10-7-14-16-15-10/h7-9H,1-6,12H2,(H,13,17)(H,14,15,16). The number of amides is 1. The highest BCUT2D eigenvalue weighted by Crippen LogP contribution is 2.19. The summed E-state index contributed by atoms with van der Waals surface area (Å²) < 4.78 is 5.68. The van der Waals surface area contributed by atoms with Gasteiger partial charge < -0.3 is 15.8 Å². The van der Waals surface area contributed by atoms with Gasteiger partial charge in [0.2, 0.25) is 0 Å². The average Bonchev–Trinajstić information content (AvgIpc) is 2.90. The van der Waals surface area contributed by atoms with Crippen molar-refractivity contribution in [2.45, 2.75) is 37.8 Å². The third-order valence-electron chi connectivity index (χ3n) is 3.11. The second-order valence-corrected chi connectivity index (χ2v) is 4.52. The Hall–Kier alpha value is -1.47. The van der Waals surface area contributed by atoms with Crippen LogP contribution in [-0.4, -0.2) is 46.6 Å². The molecule has 0 spiro atoms. The summed E-state index contributed by atoms with van der Waals surface area (Å²) >= 11 is 0. The molecular weight excluding hydrogens is 234 g/mol. The van der Waals surface area contributed by atoms with Crippen molar-refractivity contribution >= 4 is 5.91 Å². The summed E-state index contributed by atoms with van der Waals surface area (Å²) in [7, 11) is 0. The van der Waals surface area contributed by atoms with E-state index in [-0.39, 0.29) is 12.0 Å². The van der Waals surface area contributed by atoms with Crippen molar-refractivity contribution in [1.29, 1.82) is 0 Å². The monoisotopic (exact) mass is 253 g/mol. The first kappa shape index (κ1) is 13.0. The summed E-state index contributed by atoms with van der Waals surface area (Å²) in [5.74, 6) is -0.238. The number of carbonyl (C=O) groups excluding carboxylic acids is 1. The Morgan fingerprint density at radius 3 is 2.94 bits per heavy atom. The molecule has 7 heteroatoms. The van der Waals surface area contributed by atoms with E-state index in [1.54, 1.807) is 0 Å². The number of nitrogens with two attached hydrogens (primary N) is 1. The fraction of sp³-hybridized carbons (Fsp3) is 0.727. The average molecular weight is 253 g/mol. The molecule has 7 nitrogen and oxygen atoms in total. The number of hydrogen-bond acceptors (Lipinski definition) is 5. The first-order valence-corrected chi connectivity index (χ1v) is 6.27. The molecule has 4 N–H and O–H groups in total. The SMILES string of the molecule is NC1CCC(OCCNC(=O)c2cn[nH]n2)CC1. The molecule has 1 aromatic heterocycles. The zero-order valence-corrected chi connectivity index (χ0v) is 10.3. The Morgan fingerprint density at radius 1 is 1.50 bits per heavy atom. The Balaban J connectivity index is 1.57. The lowest BCUT2D eigenvalue weighted by Gasteiger charge is -2.26. The highest BCUT2D eigenvalue weighted by atomic mass is 16.5. The zero-order chi connectivity index (χ0) is 12.8. The fourth-order valence-corrected chi connectivity index (χ4v) is 2.05. The van der Waals surface area contributed by atoms with Crippen molar-refractivity contribution in [3.8, 4) is 0 Å². The largest absolute Gasteiger partial charge is 0.376 e. The van der Waals surface area contributed by atoms with Gasteiger partial charge in [-0.05, 0) is 25.7 Å². The molecule has 0 bridgehead atoms. The minimum atomic E-state index is -0.238. The van der Waals surface area contributed by atoms with Gasteiger partial charge >= 0.3 is 0 Å². The van der Waals surface area contributed by atoms with Gasteiger partial charge in [0, 0.05) is 12.6 Å². The first-order valence-electron chi connectivity index (χ1n) is 6.27. The van der Waals surface area contributed by atoms with E-state index in [1.165, 1.54) is 6.20 Å². The molecule has 1 aliphatic rings. The Labute approximate surface area is 105 Å². The van der Waals surface area contributed by atoms with E-state index in [2.05, 4.69) is 20.7 Å². The molecule has 1 heterocycles. The summed E-state index contributed by atoms with van der Waals surface area (Å²) in [4.78, 5) is 11.5. The Bertz CT molecular complexity index is 360. The van der Waals surface area contributed by atoms with Crippen LogP contribution < -0.4 is 11.1 Å². The molecule has 18 heavy (non-hydrogen) atoms. The van der Waals surface area contributed by atoms with Gasteiger partial charge in [0.15, 0.2) is 5.69 Å². The maximum absolute atomic E-state index is 11.5. The Kier molecular flexibility index (Phi) is 4.66. The maximum Gasteiger partial charge on any atom is 0.273 e. The predicted octanol–water partition coefficient (Wildman–Crippen LogP) is -0.179. The van der Waals surface area contributed by atoms with E-state index in [4.69, 9.17) is 10.5 Å². The molecule has 0 atom stereocenters. The number of nitrogens with one attached hydrogen (secondary N) is 2. The summed E-state index contributed by atoms with van der Waals surface area (Å²) in [6, 6.07) is 0.330. The lowest BCUT2D eigenvalue weighted by atomic mass is 9.94. The summed E-state index contributed by atoms with van der Waals surface area (Å²) in [5, 5.41) is 12.4. The van der Waals surface area contributed by atoms with Crippen molar-refractivity contribution in [2.75, 3.05) is 13.2 Å². The fourth-order valence-electron chi connectivity index (χ4n) is 2.05. The van der Waals surface area contributed by atoms with Crippen LogP contribution >= 0.6 is 0 Å². The molecule has 0 radical (unpaired) electrons. The second-order valence-electron chi connectivity index (χ2n) is 4.52.